The molecule has 0 bridgehead atoms. The first-order valence-electron chi connectivity index (χ1n) is 7.67. The molecule has 124 valence electrons. The van der Waals surface area contributed by atoms with Crippen LogP contribution in [0.4, 0.5) is 0 Å². The van der Waals surface area contributed by atoms with Gasteiger partial charge < -0.3 is 14.8 Å². The summed E-state index contributed by atoms with van der Waals surface area (Å²) in [6, 6.07) is 11.4. The lowest BCUT2D eigenvalue weighted by molar-refractivity contribution is 0.269. The maximum absolute atomic E-state index is 6.39. The van der Waals surface area contributed by atoms with Gasteiger partial charge in [-0.15, -0.1) is 0 Å². The Kier molecular flexibility index (Phi) is 7.03. The summed E-state index contributed by atoms with van der Waals surface area (Å²) in [7, 11) is 0. The standard InChI is InChI=1S/C18H21Cl2NO2/c1-3-21-11-13-9-16(20)18(17(10-13)22-4-2)23-12-14-7-5-6-8-15(14)19/h5-10,21H,3-4,11-12H2,1-2H3. The Bertz CT molecular complexity index is 647. The van der Waals surface area contributed by atoms with E-state index in [2.05, 4.69) is 12.2 Å². The van der Waals surface area contributed by atoms with Crippen LogP contribution in [-0.4, -0.2) is 13.2 Å². The number of ether oxygens (including phenoxy) is 2. The third-order valence-electron chi connectivity index (χ3n) is 3.28. The third kappa shape index (κ3) is 5.03. The van der Waals surface area contributed by atoms with Crippen molar-refractivity contribution >= 4 is 23.2 Å². The first-order chi connectivity index (χ1) is 11.2. The maximum atomic E-state index is 6.39. The van der Waals surface area contributed by atoms with Crippen molar-refractivity contribution in [1.29, 1.82) is 0 Å². The number of hydrogen-bond acceptors (Lipinski definition) is 3. The highest BCUT2D eigenvalue weighted by Gasteiger charge is 2.13. The highest BCUT2D eigenvalue weighted by molar-refractivity contribution is 6.32. The monoisotopic (exact) mass is 353 g/mol. The van der Waals surface area contributed by atoms with E-state index in [1.807, 2.05) is 43.3 Å². The summed E-state index contributed by atoms with van der Waals surface area (Å²) in [5.41, 5.74) is 1.97. The lowest BCUT2D eigenvalue weighted by atomic mass is 10.2. The highest BCUT2D eigenvalue weighted by Crippen LogP contribution is 2.37. The van der Waals surface area contributed by atoms with Crippen LogP contribution in [0, 0.1) is 0 Å². The Hall–Kier alpha value is -1.42. The first kappa shape index (κ1) is 17.9. The van der Waals surface area contributed by atoms with Crippen molar-refractivity contribution in [3.8, 4) is 11.5 Å². The molecular formula is C18H21Cl2NO2. The summed E-state index contributed by atoms with van der Waals surface area (Å²) in [6.45, 7) is 6.51. The molecule has 0 saturated heterocycles. The fourth-order valence-electron chi connectivity index (χ4n) is 2.16. The van der Waals surface area contributed by atoms with Crippen LogP contribution in [0.2, 0.25) is 10.0 Å². The van der Waals surface area contributed by atoms with Gasteiger partial charge in [0.15, 0.2) is 11.5 Å². The van der Waals surface area contributed by atoms with Crippen LogP contribution >= 0.6 is 23.2 Å². The first-order valence-corrected chi connectivity index (χ1v) is 8.43. The Morgan fingerprint density at radius 3 is 2.48 bits per heavy atom. The van der Waals surface area contributed by atoms with Crippen molar-refractivity contribution in [1.82, 2.24) is 5.32 Å². The molecule has 5 heteroatoms. The highest BCUT2D eigenvalue weighted by atomic mass is 35.5. The normalized spacial score (nSPS) is 10.6. The molecule has 23 heavy (non-hydrogen) atoms. The van der Waals surface area contributed by atoms with Gasteiger partial charge in [-0.3, -0.25) is 0 Å². The van der Waals surface area contributed by atoms with Gasteiger partial charge in [-0.2, -0.15) is 0 Å². The predicted octanol–water partition coefficient (Wildman–Crippen LogP) is 5.08. The van der Waals surface area contributed by atoms with E-state index in [1.54, 1.807) is 0 Å². The second-order valence-corrected chi connectivity index (χ2v) is 5.81. The second-order valence-electron chi connectivity index (χ2n) is 5.00. The van der Waals surface area contributed by atoms with E-state index in [9.17, 15) is 0 Å². The molecule has 0 unspecified atom stereocenters. The zero-order chi connectivity index (χ0) is 16.7. The fraction of sp³-hybridized carbons (Fsp3) is 0.333. The average molecular weight is 354 g/mol. The van der Waals surface area contributed by atoms with E-state index in [-0.39, 0.29) is 0 Å². The van der Waals surface area contributed by atoms with E-state index in [0.29, 0.717) is 34.8 Å². The predicted molar refractivity (Wildman–Crippen MR) is 95.8 cm³/mol. The molecule has 0 aliphatic carbocycles. The summed E-state index contributed by atoms with van der Waals surface area (Å²) >= 11 is 12.6. The minimum absolute atomic E-state index is 0.339. The van der Waals surface area contributed by atoms with E-state index < -0.39 is 0 Å². The number of nitrogens with one attached hydrogen (secondary N) is 1. The lowest BCUT2D eigenvalue weighted by Crippen LogP contribution is -2.12. The molecule has 0 heterocycles. The van der Waals surface area contributed by atoms with E-state index >= 15 is 0 Å². The van der Waals surface area contributed by atoms with Crippen LogP contribution in [0.1, 0.15) is 25.0 Å². The molecule has 2 aromatic carbocycles. The van der Waals surface area contributed by atoms with Crippen LogP contribution in [0.15, 0.2) is 36.4 Å². The molecule has 2 aromatic rings. The molecule has 0 atom stereocenters. The molecule has 1 N–H and O–H groups in total. The SMILES string of the molecule is CCNCc1cc(Cl)c(OCc2ccccc2Cl)c(OCC)c1. The molecule has 3 nitrogen and oxygen atoms in total. The minimum Gasteiger partial charge on any atom is -0.490 e. The largest absolute Gasteiger partial charge is 0.490 e. The summed E-state index contributed by atoms with van der Waals surface area (Å²) < 4.78 is 11.6. The number of halogens is 2. The topological polar surface area (TPSA) is 30.5 Å². The molecule has 0 aromatic heterocycles. The molecule has 0 spiro atoms. The van der Waals surface area contributed by atoms with Crippen LogP contribution in [-0.2, 0) is 13.2 Å². The molecule has 0 fully saturated rings. The Labute approximate surface area is 147 Å². The summed E-state index contributed by atoms with van der Waals surface area (Å²) in [4.78, 5) is 0. The fourth-order valence-corrected chi connectivity index (χ4v) is 2.64. The van der Waals surface area contributed by atoms with Gasteiger partial charge in [0.2, 0.25) is 0 Å². The summed E-state index contributed by atoms with van der Waals surface area (Å²) in [5, 5.41) is 4.48. The number of hydrogen-bond donors (Lipinski definition) is 1. The van der Waals surface area contributed by atoms with E-state index in [4.69, 9.17) is 32.7 Å². The van der Waals surface area contributed by atoms with Gasteiger partial charge >= 0.3 is 0 Å². The van der Waals surface area contributed by atoms with Crippen molar-refractivity contribution < 1.29 is 9.47 Å². The molecule has 0 aliphatic heterocycles. The summed E-state index contributed by atoms with van der Waals surface area (Å²) in [5.74, 6) is 1.20. The maximum Gasteiger partial charge on any atom is 0.180 e. The van der Waals surface area contributed by atoms with Crippen LogP contribution in [0.5, 0.6) is 11.5 Å². The van der Waals surface area contributed by atoms with Gasteiger partial charge in [0.05, 0.1) is 11.6 Å². The van der Waals surface area contributed by atoms with Crippen molar-refractivity contribution in [3.05, 3.63) is 57.6 Å². The van der Waals surface area contributed by atoms with Gasteiger partial charge in [-0.1, -0.05) is 48.3 Å². The minimum atomic E-state index is 0.339. The zero-order valence-corrected chi connectivity index (χ0v) is 14.9. The summed E-state index contributed by atoms with van der Waals surface area (Å²) in [6.07, 6.45) is 0. The van der Waals surface area contributed by atoms with E-state index in [0.717, 1.165) is 24.2 Å². The Morgan fingerprint density at radius 1 is 1.00 bits per heavy atom. The van der Waals surface area contributed by atoms with Crippen LogP contribution in [0.3, 0.4) is 0 Å². The molecule has 2 rings (SSSR count). The van der Waals surface area contributed by atoms with Crippen LogP contribution < -0.4 is 14.8 Å². The Morgan fingerprint density at radius 2 is 1.78 bits per heavy atom. The second kappa shape index (κ2) is 9.02. The molecule has 0 aliphatic rings. The van der Waals surface area contributed by atoms with Crippen molar-refractivity contribution in [2.24, 2.45) is 0 Å². The lowest BCUT2D eigenvalue weighted by Gasteiger charge is -2.16. The third-order valence-corrected chi connectivity index (χ3v) is 3.93. The molecule has 0 radical (unpaired) electrons. The Balaban J connectivity index is 2.20. The van der Waals surface area contributed by atoms with Gasteiger partial charge in [-0.05, 0) is 37.2 Å². The molecular weight excluding hydrogens is 333 g/mol. The van der Waals surface area contributed by atoms with Gasteiger partial charge in [0.25, 0.3) is 0 Å². The molecule has 0 saturated carbocycles. The van der Waals surface area contributed by atoms with Gasteiger partial charge in [0, 0.05) is 17.1 Å². The van der Waals surface area contributed by atoms with E-state index in [1.165, 1.54) is 0 Å². The smallest absolute Gasteiger partial charge is 0.180 e. The van der Waals surface area contributed by atoms with Crippen molar-refractivity contribution in [2.45, 2.75) is 27.0 Å². The molecule has 0 amide bonds. The number of rotatable bonds is 8. The van der Waals surface area contributed by atoms with Gasteiger partial charge in [0.1, 0.15) is 6.61 Å². The van der Waals surface area contributed by atoms with Crippen molar-refractivity contribution in [2.75, 3.05) is 13.2 Å². The zero-order valence-electron chi connectivity index (χ0n) is 13.4. The quantitative estimate of drug-likeness (QED) is 0.717. The average Bonchev–Trinajstić information content (AvgIpc) is 2.54. The van der Waals surface area contributed by atoms with Crippen LogP contribution in [0.25, 0.3) is 0 Å². The number of benzene rings is 2. The van der Waals surface area contributed by atoms with Crippen molar-refractivity contribution in [3.63, 3.8) is 0 Å². The van der Waals surface area contributed by atoms with Gasteiger partial charge in [-0.25, -0.2) is 0 Å².